The van der Waals surface area contributed by atoms with Gasteiger partial charge in [-0.05, 0) is 72.8 Å². The molecule has 0 heterocycles. The van der Waals surface area contributed by atoms with Gasteiger partial charge in [0.05, 0.1) is 17.1 Å². The number of rotatable bonds is 4. The van der Waals surface area contributed by atoms with Crippen LogP contribution in [0.15, 0.2) is 54.1 Å². The highest BCUT2D eigenvalue weighted by Crippen LogP contribution is 2.64. The van der Waals surface area contributed by atoms with Gasteiger partial charge in [0.2, 0.25) is 0 Å². The smallest absolute Gasteiger partial charge is 0.338 e. The van der Waals surface area contributed by atoms with Crippen LogP contribution in [0.1, 0.15) is 71.2 Å². The molecule has 1 aromatic carbocycles. The van der Waals surface area contributed by atoms with Crippen LogP contribution in [-0.4, -0.2) is 46.9 Å². The molecule has 0 bridgehead atoms. The Kier molecular flexibility index (Phi) is 7.63. The molecule has 7 nitrogen and oxygen atoms in total. The Morgan fingerprint density at radius 2 is 1.58 bits per heavy atom. The molecule has 3 aliphatic rings. The van der Waals surface area contributed by atoms with E-state index in [1.165, 1.54) is 13.8 Å². The second-order valence-electron chi connectivity index (χ2n) is 12.0. The van der Waals surface area contributed by atoms with Gasteiger partial charge in [-0.25, -0.2) is 4.79 Å². The first kappa shape index (κ1) is 28.1. The Morgan fingerprint density at radius 1 is 0.974 bits per heavy atom. The summed E-state index contributed by atoms with van der Waals surface area (Å²) < 4.78 is 17.7. The molecule has 2 saturated carbocycles. The minimum Gasteiger partial charge on any atom is -0.458 e. The van der Waals surface area contributed by atoms with Crippen LogP contribution >= 0.6 is 0 Å². The van der Waals surface area contributed by atoms with Crippen molar-refractivity contribution in [3.8, 4) is 0 Å². The van der Waals surface area contributed by atoms with Crippen molar-refractivity contribution in [2.45, 2.75) is 84.7 Å². The van der Waals surface area contributed by atoms with E-state index in [4.69, 9.17) is 14.2 Å². The molecule has 0 aliphatic heterocycles. The average Bonchev–Trinajstić information content (AvgIpc) is 3.28. The van der Waals surface area contributed by atoms with E-state index in [-0.39, 0.29) is 35.6 Å². The van der Waals surface area contributed by atoms with Crippen LogP contribution in [0.25, 0.3) is 0 Å². The van der Waals surface area contributed by atoms with Gasteiger partial charge in [-0.2, -0.15) is 0 Å². The van der Waals surface area contributed by atoms with E-state index in [9.17, 15) is 19.5 Å². The predicted molar refractivity (Wildman–Crippen MR) is 142 cm³/mol. The molecule has 206 valence electrons. The Hall–Kier alpha value is -2.93. The zero-order chi connectivity index (χ0) is 28.0. The molecule has 0 amide bonds. The number of fused-ring (bicyclic) bond motifs is 2. The number of carbonyl (C=O) groups is 3. The third-order valence-corrected chi connectivity index (χ3v) is 8.88. The molecule has 2 unspecified atom stereocenters. The maximum Gasteiger partial charge on any atom is 0.338 e. The van der Waals surface area contributed by atoms with Crippen molar-refractivity contribution in [1.29, 1.82) is 0 Å². The largest absolute Gasteiger partial charge is 0.458 e. The molecule has 1 aromatic rings. The average molecular weight is 525 g/mol. The number of benzene rings is 1. The predicted octanol–water partition coefficient (Wildman–Crippen LogP) is 5.03. The number of esters is 3. The van der Waals surface area contributed by atoms with Crippen LogP contribution < -0.4 is 0 Å². The van der Waals surface area contributed by atoms with Gasteiger partial charge in [0.15, 0.2) is 0 Å². The van der Waals surface area contributed by atoms with Crippen molar-refractivity contribution < 1.29 is 33.7 Å². The van der Waals surface area contributed by atoms with Crippen LogP contribution in [0.3, 0.4) is 0 Å². The molecule has 0 spiro atoms. The van der Waals surface area contributed by atoms with Crippen molar-refractivity contribution in [1.82, 2.24) is 0 Å². The fourth-order valence-electron chi connectivity index (χ4n) is 7.07. The van der Waals surface area contributed by atoms with E-state index in [2.05, 4.69) is 20.4 Å². The minimum absolute atomic E-state index is 0.0651. The Labute approximate surface area is 225 Å². The maximum atomic E-state index is 13.1. The molecule has 38 heavy (non-hydrogen) atoms. The lowest BCUT2D eigenvalue weighted by atomic mass is 9.79. The molecule has 0 aromatic heterocycles. The normalized spacial score (nSPS) is 37.4. The maximum absolute atomic E-state index is 13.1. The third-order valence-electron chi connectivity index (χ3n) is 8.88. The van der Waals surface area contributed by atoms with E-state index >= 15 is 0 Å². The van der Waals surface area contributed by atoms with Crippen LogP contribution in [0.4, 0.5) is 0 Å². The first-order chi connectivity index (χ1) is 17.8. The number of carbonyl (C=O) groups excluding carboxylic acids is 3. The lowest BCUT2D eigenvalue weighted by molar-refractivity contribution is -0.153. The van der Waals surface area contributed by atoms with E-state index in [1.54, 1.807) is 30.3 Å². The van der Waals surface area contributed by atoms with Gasteiger partial charge < -0.3 is 19.3 Å². The summed E-state index contributed by atoms with van der Waals surface area (Å²) >= 11 is 0. The summed E-state index contributed by atoms with van der Waals surface area (Å²) in [4.78, 5) is 37.5. The quantitative estimate of drug-likeness (QED) is 0.335. The highest BCUT2D eigenvalue weighted by Gasteiger charge is 2.63. The van der Waals surface area contributed by atoms with Crippen LogP contribution in [0.2, 0.25) is 0 Å². The van der Waals surface area contributed by atoms with Crippen LogP contribution in [-0.2, 0) is 23.8 Å². The molecular formula is C31H40O7. The molecule has 2 fully saturated rings. The van der Waals surface area contributed by atoms with Gasteiger partial charge in [0, 0.05) is 19.8 Å². The molecule has 0 saturated heterocycles. The number of ether oxygens (including phenoxy) is 3. The van der Waals surface area contributed by atoms with Gasteiger partial charge in [0.25, 0.3) is 0 Å². The summed E-state index contributed by atoms with van der Waals surface area (Å²) in [6.07, 6.45) is 1.28. The van der Waals surface area contributed by atoms with Gasteiger partial charge >= 0.3 is 17.9 Å². The third kappa shape index (κ3) is 5.31. The fourth-order valence-corrected chi connectivity index (χ4v) is 7.07. The molecule has 0 radical (unpaired) electrons. The Morgan fingerprint density at radius 3 is 2.18 bits per heavy atom. The summed E-state index contributed by atoms with van der Waals surface area (Å²) in [5.41, 5.74) is 0.260. The summed E-state index contributed by atoms with van der Waals surface area (Å²) in [5, 5.41) is 12.3. The fraction of sp³-hybridized carbons (Fsp3) is 0.581. The molecular weight excluding hydrogens is 484 g/mol. The zero-order valence-electron chi connectivity index (χ0n) is 23.2. The van der Waals surface area contributed by atoms with Crippen molar-refractivity contribution in [3.05, 3.63) is 59.7 Å². The first-order valence-corrected chi connectivity index (χ1v) is 13.5. The van der Waals surface area contributed by atoms with Crippen LogP contribution in [0, 0.1) is 29.1 Å². The molecule has 1 N–H and O–H groups in total. The lowest BCUT2D eigenvalue weighted by Crippen LogP contribution is -2.47. The van der Waals surface area contributed by atoms with Crippen molar-refractivity contribution in [3.63, 3.8) is 0 Å². The summed E-state index contributed by atoms with van der Waals surface area (Å²) in [6.45, 7) is 15.1. The van der Waals surface area contributed by atoms with E-state index in [0.717, 1.165) is 12.0 Å². The number of aliphatic hydroxyl groups is 1. The summed E-state index contributed by atoms with van der Waals surface area (Å²) in [7, 11) is 0. The Balaban J connectivity index is 1.80. The molecule has 3 aliphatic carbocycles. The molecule has 7 heteroatoms. The molecule has 8 atom stereocenters. The lowest BCUT2D eigenvalue weighted by Gasteiger charge is -2.37. The van der Waals surface area contributed by atoms with Crippen molar-refractivity contribution in [2.24, 2.45) is 29.1 Å². The first-order valence-electron chi connectivity index (χ1n) is 13.5. The van der Waals surface area contributed by atoms with Gasteiger partial charge in [0.1, 0.15) is 18.3 Å². The summed E-state index contributed by atoms with van der Waals surface area (Å²) in [6, 6.07) is 8.69. The standard InChI is InChI=1S/C31H40O7/c1-17-13-14-23-24(30(23,6)7)27(37-21(5)33)18(2)15-31(35)16-19(3)28(25(31)26(17)36-20(4)32)38-29(34)22-11-9-8-10-12-22/h8-12,15,19,23-28,35H,1,13-14,16H2,2-7H3/b18-15-/t19-,23-,24-,25-,26?,27?,28-,31+/m0/s1. The highest BCUT2D eigenvalue weighted by molar-refractivity contribution is 5.89. The van der Waals surface area contributed by atoms with Gasteiger partial charge in [-0.3, -0.25) is 9.59 Å². The van der Waals surface area contributed by atoms with Crippen LogP contribution in [0.5, 0.6) is 0 Å². The number of hydrogen-bond acceptors (Lipinski definition) is 7. The van der Waals surface area contributed by atoms with Crippen molar-refractivity contribution >= 4 is 17.9 Å². The van der Waals surface area contributed by atoms with Crippen molar-refractivity contribution in [2.75, 3.05) is 0 Å². The summed E-state index contributed by atoms with van der Waals surface area (Å²) in [5.74, 6) is -2.04. The van der Waals surface area contributed by atoms with E-state index < -0.39 is 41.8 Å². The van der Waals surface area contributed by atoms with Gasteiger partial charge in [-0.1, -0.05) is 45.5 Å². The Bertz CT molecular complexity index is 1140. The molecule has 4 rings (SSSR count). The topological polar surface area (TPSA) is 99.1 Å². The van der Waals surface area contributed by atoms with Gasteiger partial charge in [-0.15, -0.1) is 0 Å². The minimum atomic E-state index is -1.49. The second kappa shape index (κ2) is 10.3. The van der Waals surface area contributed by atoms with E-state index in [1.807, 2.05) is 19.9 Å². The highest BCUT2D eigenvalue weighted by atomic mass is 16.6. The second-order valence-corrected chi connectivity index (χ2v) is 12.0. The monoisotopic (exact) mass is 524 g/mol. The zero-order valence-corrected chi connectivity index (χ0v) is 23.2. The SMILES string of the molecule is C=C1CC[C@H]2[C@@H](C(OC(C)=O)/C(C)=C\[C@@]3(O)C[C@H](C)[C@H](OC(=O)c4ccccc4)[C@@H]3C1OC(C)=O)C2(C)C. The number of hydrogen-bond donors (Lipinski definition) is 1. The van der Waals surface area contributed by atoms with E-state index in [0.29, 0.717) is 17.6 Å².